The van der Waals surface area contributed by atoms with Crippen LogP contribution in [0.1, 0.15) is 86.0 Å². The molecule has 3 aliphatic carbocycles. The van der Waals surface area contributed by atoms with Gasteiger partial charge < -0.3 is 19.4 Å². The molecule has 0 aromatic heterocycles. The number of fused-ring (bicyclic) bond motifs is 3. The van der Waals surface area contributed by atoms with Gasteiger partial charge in [0, 0.05) is 24.5 Å². The molecular weight excluding hydrogens is 420 g/mol. The molecule has 0 aromatic carbocycles. The molecule has 0 amide bonds. The highest BCUT2D eigenvalue weighted by Gasteiger charge is 2.62. The number of aldehydes is 1. The highest BCUT2D eigenvalue weighted by molar-refractivity contribution is 5.86. The topological polar surface area (TPSA) is 89.9 Å². The molecule has 6 heteroatoms. The van der Waals surface area contributed by atoms with Crippen LogP contribution in [0, 0.1) is 39.9 Å². The third-order valence-electron chi connectivity index (χ3n) is 10.1. The van der Waals surface area contributed by atoms with E-state index in [0.717, 1.165) is 32.0 Å². The third kappa shape index (κ3) is 4.06. The average Bonchev–Trinajstić information content (AvgIpc) is 3.05. The number of hydrogen-bond donors (Lipinski definition) is 1. The standard InChI is InChI=1S/C27H40O6/c1-16(29)32-20(18-13-23(30)33-24(18)31)14-19-17(15-28)7-8-22-26(19,4)12-9-21-25(2,3)10-6-11-27(21,22)5/h13,15,17,19-22,24,31H,6-12,14H2,1-5H3/t17?,19-,20-,21+,22+,24?,26+,27+/m1/s1. The first-order chi connectivity index (χ1) is 15.4. The first-order valence-corrected chi connectivity index (χ1v) is 12.6. The average molecular weight is 461 g/mol. The molecule has 3 saturated carbocycles. The lowest BCUT2D eigenvalue weighted by Gasteiger charge is -2.66. The van der Waals surface area contributed by atoms with Crippen LogP contribution in [0.4, 0.5) is 0 Å². The highest BCUT2D eigenvalue weighted by Crippen LogP contribution is 2.69. The van der Waals surface area contributed by atoms with Gasteiger partial charge in [-0.2, -0.15) is 0 Å². The van der Waals surface area contributed by atoms with Gasteiger partial charge in [0.05, 0.1) is 0 Å². The lowest BCUT2D eigenvalue weighted by atomic mass is 9.38. The maximum atomic E-state index is 12.2. The zero-order valence-electron chi connectivity index (χ0n) is 20.8. The van der Waals surface area contributed by atoms with E-state index in [1.807, 2.05) is 0 Å². The SMILES string of the molecule is CC(=O)O[C@H](C[C@@H]1C(C=O)CC[C@H]2[C@@]1(C)CC[C@H]1C(C)(C)CCC[C@]21C)C1=CC(=O)OC1O. The molecule has 0 spiro atoms. The van der Waals surface area contributed by atoms with Gasteiger partial charge >= 0.3 is 11.9 Å². The molecular formula is C27H40O6. The van der Waals surface area contributed by atoms with Crippen LogP contribution in [0.25, 0.3) is 0 Å². The highest BCUT2D eigenvalue weighted by atomic mass is 16.6. The summed E-state index contributed by atoms with van der Waals surface area (Å²) in [7, 11) is 0. The Morgan fingerprint density at radius 2 is 1.88 bits per heavy atom. The summed E-state index contributed by atoms with van der Waals surface area (Å²) in [6, 6.07) is 0. The van der Waals surface area contributed by atoms with Crippen molar-refractivity contribution in [3.63, 3.8) is 0 Å². The van der Waals surface area contributed by atoms with Crippen molar-refractivity contribution in [1.82, 2.24) is 0 Å². The van der Waals surface area contributed by atoms with E-state index in [4.69, 9.17) is 9.47 Å². The number of esters is 2. The van der Waals surface area contributed by atoms with Crippen LogP contribution in [0.2, 0.25) is 0 Å². The minimum Gasteiger partial charge on any atom is -0.458 e. The van der Waals surface area contributed by atoms with Crippen LogP contribution in [0.5, 0.6) is 0 Å². The molecule has 1 aliphatic heterocycles. The number of rotatable bonds is 5. The van der Waals surface area contributed by atoms with Crippen LogP contribution in [-0.2, 0) is 23.9 Å². The van der Waals surface area contributed by atoms with Crippen molar-refractivity contribution in [3.8, 4) is 0 Å². The normalized spacial score (nSPS) is 42.9. The predicted molar refractivity (Wildman–Crippen MR) is 123 cm³/mol. The monoisotopic (exact) mass is 460 g/mol. The molecule has 4 aliphatic rings. The van der Waals surface area contributed by atoms with Crippen molar-refractivity contribution in [2.75, 3.05) is 0 Å². The molecule has 0 radical (unpaired) electrons. The van der Waals surface area contributed by atoms with Crippen molar-refractivity contribution in [1.29, 1.82) is 0 Å². The molecule has 6 nitrogen and oxygen atoms in total. The summed E-state index contributed by atoms with van der Waals surface area (Å²) in [6.45, 7) is 11.0. The lowest BCUT2D eigenvalue weighted by Crippen LogP contribution is -2.59. The van der Waals surface area contributed by atoms with Gasteiger partial charge in [0.25, 0.3) is 0 Å². The van der Waals surface area contributed by atoms with E-state index in [2.05, 4.69) is 27.7 Å². The van der Waals surface area contributed by atoms with Crippen LogP contribution >= 0.6 is 0 Å². The van der Waals surface area contributed by atoms with E-state index in [0.29, 0.717) is 23.7 Å². The summed E-state index contributed by atoms with van der Waals surface area (Å²) in [5.74, 6) is -0.0755. The van der Waals surface area contributed by atoms with Gasteiger partial charge in [-0.1, -0.05) is 34.1 Å². The molecule has 4 rings (SSSR count). The lowest BCUT2D eigenvalue weighted by molar-refractivity contribution is -0.182. The van der Waals surface area contributed by atoms with Gasteiger partial charge in [0.1, 0.15) is 12.4 Å². The second-order valence-corrected chi connectivity index (χ2v) is 12.2. The predicted octanol–water partition coefficient (Wildman–Crippen LogP) is 4.58. The van der Waals surface area contributed by atoms with Gasteiger partial charge in [-0.05, 0) is 78.9 Å². The van der Waals surface area contributed by atoms with Crippen LogP contribution in [-0.4, -0.2) is 35.7 Å². The number of carbonyl (C=O) groups is 3. The minimum absolute atomic E-state index is 0.00437. The Kier molecular flexibility index (Phi) is 6.30. The molecule has 1 heterocycles. The fourth-order valence-electron chi connectivity index (χ4n) is 8.80. The number of ether oxygens (including phenoxy) is 2. The van der Waals surface area contributed by atoms with Gasteiger partial charge in [0.2, 0.25) is 6.29 Å². The van der Waals surface area contributed by atoms with Crippen LogP contribution < -0.4 is 0 Å². The Morgan fingerprint density at radius 3 is 2.48 bits per heavy atom. The van der Waals surface area contributed by atoms with E-state index in [-0.39, 0.29) is 28.2 Å². The Hall–Kier alpha value is -1.69. The minimum atomic E-state index is -1.41. The third-order valence-corrected chi connectivity index (χ3v) is 10.1. The van der Waals surface area contributed by atoms with Gasteiger partial charge in [-0.3, -0.25) is 4.79 Å². The van der Waals surface area contributed by atoms with E-state index in [1.165, 1.54) is 32.3 Å². The van der Waals surface area contributed by atoms with Crippen LogP contribution in [0.15, 0.2) is 11.6 Å². The van der Waals surface area contributed by atoms with Crippen molar-refractivity contribution < 1.29 is 29.0 Å². The second-order valence-electron chi connectivity index (χ2n) is 12.2. The molecule has 0 aromatic rings. The molecule has 1 N–H and O–H groups in total. The Balaban J connectivity index is 1.69. The van der Waals surface area contributed by atoms with Gasteiger partial charge in [-0.25, -0.2) is 4.79 Å². The van der Waals surface area contributed by atoms with Crippen molar-refractivity contribution in [2.24, 2.45) is 39.9 Å². The summed E-state index contributed by atoms with van der Waals surface area (Å²) in [4.78, 5) is 35.9. The van der Waals surface area contributed by atoms with E-state index in [1.54, 1.807) is 0 Å². The fourth-order valence-corrected chi connectivity index (χ4v) is 8.80. The molecule has 3 fully saturated rings. The summed E-state index contributed by atoms with van der Waals surface area (Å²) < 4.78 is 10.5. The number of cyclic esters (lactones) is 1. The Morgan fingerprint density at radius 1 is 1.15 bits per heavy atom. The Bertz CT molecular complexity index is 846. The first-order valence-electron chi connectivity index (χ1n) is 12.6. The quantitative estimate of drug-likeness (QED) is 0.477. The van der Waals surface area contributed by atoms with Crippen molar-refractivity contribution in [3.05, 3.63) is 11.6 Å². The van der Waals surface area contributed by atoms with E-state index in [9.17, 15) is 19.5 Å². The number of aliphatic hydroxyl groups is 1. The molecule has 184 valence electrons. The van der Waals surface area contributed by atoms with E-state index >= 15 is 0 Å². The van der Waals surface area contributed by atoms with Gasteiger partial charge in [0.15, 0.2) is 0 Å². The fraction of sp³-hybridized carbons (Fsp3) is 0.815. The summed E-state index contributed by atoms with van der Waals surface area (Å²) in [5.41, 5.74) is 0.755. The van der Waals surface area contributed by atoms with E-state index < -0.39 is 24.3 Å². The number of hydrogen-bond acceptors (Lipinski definition) is 6. The molecule has 8 atom stereocenters. The smallest absolute Gasteiger partial charge is 0.333 e. The molecule has 0 saturated heterocycles. The molecule has 0 bridgehead atoms. The molecule has 33 heavy (non-hydrogen) atoms. The maximum absolute atomic E-state index is 12.2. The van der Waals surface area contributed by atoms with Gasteiger partial charge in [-0.15, -0.1) is 0 Å². The second kappa shape index (κ2) is 8.51. The maximum Gasteiger partial charge on any atom is 0.333 e. The zero-order chi connectivity index (χ0) is 24.2. The van der Waals surface area contributed by atoms with Crippen molar-refractivity contribution >= 4 is 18.2 Å². The summed E-state index contributed by atoms with van der Waals surface area (Å²) in [5, 5.41) is 10.3. The largest absolute Gasteiger partial charge is 0.458 e. The summed E-state index contributed by atoms with van der Waals surface area (Å²) in [6.07, 6.45) is 8.34. The van der Waals surface area contributed by atoms with Crippen molar-refractivity contribution in [2.45, 2.75) is 98.4 Å². The first kappa shape index (κ1) is 24.4. The number of aliphatic hydroxyl groups excluding tert-OH is 1. The number of carbonyl (C=O) groups excluding carboxylic acids is 3. The van der Waals surface area contributed by atoms with Crippen LogP contribution in [0.3, 0.4) is 0 Å². The summed E-state index contributed by atoms with van der Waals surface area (Å²) >= 11 is 0. The molecule has 2 unspecified atom stereocenters. The Labute approximate surface area is 197 Å². The zero-order valence-corrected chi connectivity index (χ0v) is 20.8.